The third-order valence-electron chi connectivity index (χ3n) is 3.38. The molecule has 1 rings (SSSR count). The second-order valence-electron chi connectivity index (χ2n) is 5.13. The van der Waals surface area contributed by atoms with Gasteiger partial charge in [0.25, 0.3) is 5.91 Å². The van der Waals surface area contributed by atoms with Crippen LogP contribution in [0.4, 0.5) is 10.1 Å². The molecule has 1 aromatic carbocycles. The van der Waals surface area contributed by atoms with Gasteiger partial charge >= 0.3 is 0 Å². The molecule has 22 heavy (non-hydrogen) atoms. The second-order valence-corrected chi connectivity index (χ2v) is 6.52. The fourth-order valence-electron chi connectivity index (χ4n) is 1.95. The molecule has 0 heterocycles. The summed E-state index contributed by atoms with van der Waals surface area (Å²) in [5.41, 5.74) is 0.392. The van der Waals surface area contributed by atoms with E-state index in [0.717, 1.165) is 17.9 Å². The van der Waals surface area contributed by atoms with Gasteiger partial charge in [0.05, 0.1) is 5.56 Å². The van der Waals surface area contributed by atoms with Crippen LogP contribution in [0.25, 0.3) is 0 Å². The van der Waals surface area contributed by atoms with Crippen molar-refractivity contribution in [3.63, 3.8) is 0 Å². The number of carbonyl (C=O) groups is 2. The van der Waals surface area contributed by atoms with Gasteiger partial charge in [-0.1, -0.05) is 6.92 Å². The maximum Gasteiger partial charge on any atom is 0.256 e. The number of halogens is 1. The number of benzene rings is 1. The van der Waals surface area contributed by atoms with E-state index in [4.69, 9.17) is 0 Å². The predicted octanol–water partition coefficient (Wildman–Crippen LogP) is 3.39. The van der Waals surface area contributed by atoms with E-state index in [1.807, 2.05) is 18.7 Å². The highest BCUT2D eigenvalue weighted by molar-refractivity contribution is 7.99. The molecular formula is C16H23FN2O2S. The molecule has 1 atom stereocenters. The van der Waals surface area contributed by atoms with Crippen LogP contribution in [0.2, 0.25) is 0 Å². The van der Waals surface area contributed by atoms with Crippen molar-refractivity contribution in [2.24, 2.45) is 0 Å². The predicted molar refractivity (Wildman–Crippen MR) is 89.9 cm³/mol. The molecule has 0 saturated carbocycles. The summed E-state index contributed by atoms with van der Waals surface area (Å²) in [6.07, 6.45) is 0.855. The van der Waals surface area contributed by atoms with Crippen molar-refractivity contribution in [3.8, 4) is 0 Å². The van der Waals surface area contributed by atoms with Gasteiger partial charge in [0.1, 0.15) is 5.82 Å². The third kappa shape index (κ3) is 5.33. The van der Waals surface area contributed by atoms with Crippen molar-refractivity contribution in [2.45, 2.75) is 33.2 Å². The zero-order valence-corrected chi connectivity index (χ0v) is 14.3. The van der Waals surface area contributed by atoms with E-state index in [0.29, 0.717) is 5.69 Å². The van der Waals surface area contributed by atoms with Gasteiger partial charge in [-0.25, -0.2) is 4.39 Å². The molecule has 0 fully saturated rings. The number of hydrogen-bond acceptors (Lipinski definition) is 3. The highest BCUT2D eigenvalue weighted by Crippen LogP contribution is 2.18. The van der Waals surface area contributed by atoms with E-state index < -0.39 is 5.82 Å². The zero-order valence-electron chi connectivity index (χ0n) is 13.5. The lowest BCUT2D eigenvalue weighted by Gasteiger charge is -2.25. The van der Waals surface area contributed by atoms with E-state index in [-0.39, 0.29) is 23.4 Å². The Morgan fingerprint density at radius 2 is 2.09 bits per heavy atom. The molecule has 0 aliphatic heterocycles. The van der Waals surface area contributed by atoms with Crippen molar-refractivity contribution < 1.29 is 14.0 Å². The first-order valence-corrected chi connectivity index (χ1v) is 8.44. The largest absolute Gasteiger partial charge is 0.339 e. The van der Waals surface area contributed by atoms with Gasteiger partial charge < -0.3 is 10.2 Å². The molecular weight excluding hydrogens is 303 g/mol. The van der Waals surface area contributed by atoms with E-state index in [1.54, 1.807) is 11.9 Å². The monoisotopic (exact) mass is 326 g/mol. The topological polar surface area (TPSA) is 49.4 Å². The number of thioether (sulfide) groups is 1. The van der Waals surface area contributed by atoms with Gasteiger partial charge in [-0.15, -0.1) is 0 Å². The fraction of sp³-hybridized carbons (Fsp3) is 0.500. The van der Waals surface area contributed by atoms with Crippen molar-refractivity contribution in [1.82, 2.24) is 4.90 Å². The number of nitrogens with zero attached hydrogens (tertiary/aromatic N) is 1. The summed E-state index contributed by atoms with van der Waals surface area (Å²) in [7, 11) is 1.67. The number of hydrogen-bond donors (Lipinski definition) is 1. The molecule has 0 aliphatic rings. The van der Waals surface area contributed by atoms with Crippen LogP contribution >= 0.6 is 11.8 Å². The van der Waals surface area contributed by atoms with E-state index in [1.165, 1.54) is 25.1 Å². The zero-order chi connectivity index (χ0) is 16.7. The number of rotatable bonds is 7. The van der Waals surface area contributed by atoms with Crippen molar-refractivity contribution in [2.75, 3.05) is 23.9 Å². The van der Waals surface area contributed by atoms with Crippen molar-refractivity contribution in [1.29, 1.82) is 0 Å². The Morgan fingerprint density at radius 1 is 1.41 bits per heavy atom. The average molecular weight is 326 g/mol. The van der Waals surface area contributed by atoms with Crippen LogP contribution in [-0.4, -0.2) is 41.3 Å². The summed E-state index contributed by atoms with van der Waals surface area (Å²) < 4.78 is 13.9. The van der Waals surface area contributed by atoms with Gasteiger partial charge in [0, 0.05) is 25.7 Å². The van der Waals surface area contributed by atoms with Crippen LogP contribution in [0.3, 0.4) is 0 Å². The maximum absolute atomic E-state index is 13.9. The van der Waals surface area contributed by atoms with Crippen LogP contribution in [0.5, 0.6) is 0 Å². The normalized spacial score (nSPS) is 11.9. The highest BCUT2D eigenvalue weighted by atomic mass is 32.2. The minimum Gasteiger partial charge on any atom is -0.339 e. The molecule has 0 radical (unpaired) electrons. The van der Waals surface area contributed by atoms with E-state index in [2.05, 4.69) is 12.2 Å². The summed E-state index contributed by atoms with van der Waals surface area (Å²) in [5, 5.41) is 2.56. The standard InChI is InChI=1S/C16H23FN2O2S/c1-5-22-9-8-11(2)19(4)16(21)14-10-13(18-12(3)20)6-7-15(14)17/h6-7,10-11H,5,8-9H2,1-4H3,(H,18,20)/t11-/m0/s1. The van der Waals surface area contributed by atoms with Gasteiger partial charge in [-0.3, -0.25) is 9.59 Å². The lowest BCUT2D eigenvalue weighted by Crippen LogP contribution is -2.36. The highest BCUT2D eigenvalue weighted by Gasteiger charge is 2.21. The molecule has 0 aliphatic carbocycles. The summed E-state index contributed by atoms with van der Waals surface area (Å²) in [5.74, 6) is 0.782. The van der Waals surface area contributed by atoms with Crippen molar-refractivity contribution in [3.05, 3.63) is 29.6 Å². The molecule has 2 amide bonds. The molecule has 4 nitrogen and oxygen atoms in total. The number of amides is 2. The van der Waals surface area contributed by atoms with Gasteiger partial charge in [0.15, 0.2) is 0 Å². The Balaban J connectivity index is 2.84. The summed E-state index contributed by atoms with van der Waals surface area (Å²) >= 11 is 1.81. The molecule has 1 aromatic rings. The molecule has 0 unspecified atom stereocenters. The second kappa shape index (κ2) is 8.78. The average Bonchev–Trinajstić information content (AvgIpc) is 2.47. The van der Waals surface area contributed by atoms with Crippen LogP contribution in [0.15, 0.2) is 18.2 Å². The number of carbonyl (C=O) groups excluding carboxylic acids is 2. The summed E-state index contributed by atoms with van der Waals surface area (Å²) in [4.78, 5) is 25.1. The lowest BCUT2D eigenvalue weighted by atomic mass is 10.1. The smallest absolute Gasteiger partial charge is 0.256 e. The Hall–Kier alpha value is -1.56. The summed E-state index contributed by atoms with van der Waals surface area (Å²) in [6, 6.07) is 4.04. The molecule has 0 bridgehead atoms. The Kier molecular flexibility index (Phi) is 7.38. The number of nitrogens with one attached hydrogen (secondary N) is 1. The Morgan fingerprint density at radius 3 is 2.68 bits per heavy atom. The van der Waals surface area contributed by atoms with E-state index in [9.17, 15) is 14.0 Å². The van der Waals surface area contributed by atoms with Crippen molar-refractivity contribution >= 4 is 29.3 Å². The molecule has 0 aromatic heterocycles. The van der Waals surface area contributed by atoms with Gasteiger partial charge in [-0.05, 0) is 43.0 Å². The third-order valence-corrected chi connectivity index (χ3v) is 4.32. The lowest BCUT2D eigenvalue weighted by molar-refractivity contribution is -0.114. The summed E-state index contributed by atoms with van der Waals surface area (Å²) in [6.45, 7) is 5.40. The molecule has 1 N–H and O–H groups in total. The SMILES string of the molecule is CCSCC[C@H](C)N(C)C(=O)c1cc(NC(C)=O)ccc1F. The molecule has 0 saturated heterocycles. The minimum atomic E-state index is -0.582. The first-order valence-electron chi connectivity index (χ1n) is 7.28. The quantitative estimate of drug-likeness (QED) is 0.781. The fourth-order valence-corrected chi connectivity index (χ4v) is 2.75. The van der Waals surface area contributed by atoms with Crippen LogP contribution in [-0.2, 0) is 4.79 Å². The molecule has 122 valence electrons. The van der Waals surface area contributed by atoms with Gasteiger partial charge in [-0.2, -0.15) is 11.8 Å². The van der Waals surface area contributed by atoms with E-state index >= 15 is 0 Å². The molecule has 0 spiro atoms. The maximum atomic E-state index is 13.9. The minimum absolute atomic E-state index is 0.0235. The Bertz CT molecular complexity index is 537. The molecule has 6 heteroatoms. The Labute approximate surface area is 135 Å². The van der Waals surface area contributed by atoms with Crippen LogP contribution in [0, 0.1) is 5.82 Å². The number of anilines is 1. The first-order chi connectivity index (χ1) is 10.4. The van der Waals surface area contributed by atoms with Crippen LogP contribution in [0.1, 0.15) is 37.6 Å². The van der Waals surface area contributed by atoms with Gasteiger partial charge in [0.2, 0.25) is 5.91 Å². The first kappa shape index (κ1) is 18.5. The van der Waals surface area contributed by atoms with Crippen LogP contribution < -0.4 is 5.32 Å².